The second-order valence-electron chi connectivity index (χ2n) is 11.4. The van der Waals surface area contributed by atoms with Crippen LogP contribution in [0.15, 0.2) is 0 Å². The largest absolute Gasteiger partial charge is 0.389 e. The molecular formula is C18H25N3O22. The molecule has 1 amide bonds. The van der Waals surface area contributed by atoms with Gasteiger partial charge in [0.2, 0.25) is 51.8 Å². The molecule has 1 aliphatic heterocycles. The van der Waals surface area contributed by atoms with E-state index in [4.69, 9.17) is 0 Å². The highest BCUT2D eigenvalue weighted by molar-refractivity contribution is 5.86. The van der Waals surface area contributed by atoms with E-state index in [9.17, 15) is 113 Å². The Bertz CT molecular complexity index is 1340. The molecule has 0 aromatic rings. The van der Waals surface area contributed by atoms with Gasteiger partial charge in [0.15, 0.2) is 17.9 Å². The van der Waals surface area contributed by atoms with Gasteiger partial charge in [0, 0.05) is 0 Å². The summed E-state index contributed by atoms with van der Waals surface area (Å²) in [6, 6.07) is -8.19. The zero-order chi connectivity index (χ0) is 33.5. The summed E-state index contributed by atoms with van der Waals surface area (Å²) in [6.07, 6.45) is -4.33. The van der Waals surface area contributed by atoms with Crippen LogP contribution in [0.3, 0.4) is 0 Å². The van der Waals surface area contributed by atoms with Gasteiger partial charge in [0.25, 0.3) is 5.60 Å². The first-order valence-electron chi connectivity index (χ1n) is 11.5. The molecule has 1 saturated heterocycles. The van der Waals surface area contributed by atoms with Gasteiger partial charge < -0.3 is 91.7 Å². The second kappa shape index (κ2) is 7.54. The van der Waals surface area contributed by atoms with Crippen LogP contribution in [0.4, 0.5) is 0 Å². The first-order chi connectivity index (χ1) is 19.0. The number of piperidine rings is 1. The first-order valence-corrected chi connectivity index (χ1v) is 11.5. The van der Waals surface area contributed by atoms with E-state index < -0.39 is 109 Å². The SMILES string of the molecule is N#CC1N(C(=O)C(N(O)O)C23C(O)C4(O)C(O)(O)C(O)(C2(O)O)C(O)(O)C(OO)(C4(O)O)C3(O)O)C2C(C1(O)O)C2(O)O. The van der Waals surface area contributed by atoms with Gasteiger partial charge in [-0.1, -0.05) is 5.23 Å². The standard InChI is InChI=1S/C18H25N3O22/c19-1-2-9(24,25)3-4(10(3,26)27)20(2)6(22)5(21(40)41)8-7(23)11(28)16(34,35)12(29,14(8,30)31)18(38,39)13(43-42,15(8,32)33)17(11,36)37/h2-5,7,23-42H. The lowest BCUT2D eigenvalue weighted by molar-refractivity contribution is -0.707. The van der Waals surface area contributed by atoms with Crippen molar-refractivity contribution in [3.8, 4) is 6.07 Å². The third-order valence-electron chi connectivity index (χ3n) is 9.98. The molecule has 0 aromatic heterocycles. The quantitative estimate of drug-likeness (QED) is 0.0774. The van der Waals surface area contributed by atoms with E-state index in [1.165, 1.54) is 0 Å². The van der Waals surface area contributed by atoms with Gasteiger partial charge in [-0.3, -0.25) is 20.5 Å². The molecule has 0 spiro atoms. The average molecular weight is 635 g/mol. The number of aliphatic hydroxyl groups excluding tert-OH is 1. The molecule has 25 heteroatoms. The molecule has 25 nitrogen and oxygen atoms in total. The molecule has 6 fully saturated rings. The molecule has 4 bridgehead atoms. The van der Waals surface area contributed by atoms with Crippen LogP contribution in [0.1, 0.15) is 0 Å². The maximum Gasteiger partial charge on any atom is 0.269 e. The molecule has 1 heterocycles. The summed E-state index contributed by atoms with van der Waals surface area (Å²) in [7, 11) is 0. The van der Waals surface area contributed by atoms with Gasteiger partial charge >= 0.3 is 0 Å². The van der Waals surface area contributed by atoms with Crippen LogP contribution >= 0.6 is 0 Å². The normalized spacial score (nSPS) is 48.5. The maximum atomic E-state index is 13.9. The molecular weight excluding hydrogens is 610 g/mol. The fourth-order valence-electron chi connectivity index (χ4n) is 7.98. The maximum absolute atomic E-state index is 13.9. The fourth-order valence-corrected chi connectivity index (χ4v) is 7.98. The number of hydroxylamine groups is 2. The summed E-state index contributed by atoms with van der Waals surface area (Å²) in [5, 5.41) is 221. The lowest BCUT2D eigenvalue weighted by Gasteiger charge is -2.83. The highest BCUT2D eigenvalue weighted by Crippen LogP contribution is 2.79. The number of nitrogens with zero attached hydrogens (tertiary/aromatic N) is 3. The monoisotopic (exact) mass is 635 g/mol. The highest BCUT2D eigenvalue weighted by Gasteiger charge is 3.13. The molecule has 9 unspecified atom stereocenters. The summed E-state index contributed by atoms with van der Waals surface area (Å²) >= 11 is 0. The number of amides is 1. The number of hydrogen-bond acceptors (Lipinski definition) is 24. The van der Waals surface area contributed by atoms with Crippen molar-refractivity contribution in [1.29, 1.82) is 5.26 Å². The van der Waals surface area contributed by atoms with Crippen LogP contribution in [-0.2, 0) is 9.68 Å². The van der Waals surface area contributed by atoms with Crippen LogP contribution < -0.4 is 0 Å². The summed E-state index contributed by atoms with van der Waals surface area (Å²) < 4.78 is 0. The Labute approximate surface area is 233 Å². The summed E-state index contributed by atoms with van der Waals surface area (Å²) in [5.74, 6) is -39.2. The van der Waals surface area contributed by atoms with Gasteiger partial charge in [-0.25, -0.2) is 4.89 Å². The molecule has 244 valence electrons. The van der Waals surface area contributed by atoms with Crippen molar-refractivity contribution in [2.24, 2.45) is 11.3 Å². The summed E-state index contributed by atoms with van der Waals surface area (Å²) in [5.41, 5.74) is -21.2. The lowest BCUT2D eigenvalue weighted by atomic mass is 9.30. The van der Waals surface area contributed by atoms with E-state index in [-0.39, 0.29) is 0 Å². The van der Waals surface area contributed by atoms with Gasteiger partial charge in [0.05, 0.1) is 12.0 Å². The number of carbonyl (C=O) groups excluding carboxylic acids is 1. The predicted octanol–water partition coefficient (Wildman–Crippen LogP) is -13.0. The zero-order valence-electron chi connectivity index (χ0n) is 20.5. The number of likely N-dealkylation sites (tertiary alicyclic amines) is 1. The number of carbonyl (C=O) groups is 1. The van der Waals surface area contributed by atoms with Gasteiger partial charge in [-0.05, 0) is 0 Å². The summed E-state index contributed by atoms with van der Waals surface area (Å²) in [4.78, 5) is 16.9. The van der Waals surface area contributed by atoms with Crippen LogP contribution in [0, 0.1) is 22.7 Å². The van der Waals surface area contributed by atoms with Gasteiger partial charge in [-0.15, -0.1) is 0 Å². The van der Waals surface area contributed by atoms with Crippen LogP contribution in [-0.4, -0.2) is 200 Å². The predicted molar refractivity (Wildman–Crippen MR) is 108 cm³/mol. The van der Waals surface area contributed by atoms with Gasteiger partial charge in [-0.2, -0.15) is 5.26 Å². The highest BCUT2D eigenvalue weighted by atomic mass is 17.1. The van der Waals surface area contributed by atoms with Crippen molar-refractivity contribution in [3.05, 3.63) is 0 Å². The number of fused-ring (bicyclic) bond motifs is 1. The fraction of sp³-hybridized carbons (Fsp3) is 0.889. The molecule has 43 heavy (non-hydrogen) atoms. The number of rotatable bonds is 4. The zero-order valence-corrected chi connectivity index (χ0v) is 20.5. The minimum atomic E-state index is -5.54. The number of nitriles is 1. The molecule has 6 aliphatic rings. The molecule has 0 radical (unpaired) electrons. The van der Waals surface area contributed by atoms with E-state index in [2.05, 4.69) is 4.89 Å². The van der Waals surface area contributed by atoms with E-state index in [1.54, 1.807) is 0 Å². The van der Waals surface area contributed by atoms with Crippen LogP contribution in [0.5, 0.6) is 0 Å². The minimum Gasteiger partial charge on any atom is -0.389 e. The van der Waals surface area contributed by atoms with Crippen molar-refractivity contribution in [1.82, 2.24) is 10.1 Å². The Balaban J connectivity index is 1.92. The van der Waals surface area contributed by atoms with E-state index >= 15 is 0 Å². The Kier molecular flexibility index (Phi) is 5.70. The van der Waals surface area contributed by atoms with E-state index in [1.807, 2.05) is 0 Å². The second-order valence-corrected chi connectivity index (χ2v) is 11.4. The van der Waals surface area contributed by atoms with Crippen LogP contribution in [0.25, 0.3) is 0 Å². The Morgan fingerprint density at radius 1 is 0.767 bits per heavy atom. The Morgan fingerprint density at radius 3 is 1.67 bits per heavy atom. The summed E-state index contributed by atoms with van der Waals surface area (Å²) in [6.45, 7) is 0. The third kappa shape index (κ3) is 2.36. The van der Waals surface area contributed by atoms with E-state index in [0.29, 0.717) is 0 Å². The number of aliphatic hydroxyl groups is 17. The first kappa shape index (κ1) is 32.5. The molecule has 6 rings (SSSR count). The molecule has 0 aromatic carbocycles. The molecule has 20 N–H and O–H groups in total. The molecule has 5 aliphatic carbocycles. The lowest BCUT2D eigenvalue weighted by Crippen LogP contribution is -3.15. The Morgan fingerprint density at radius 2 is 1.26 bits per heavy atom. The van der Waals surface area contributed by atoms with Crippen molar-refractivity contribution >= 4 is 5.91 Å². The van der Waals surface area contributed by atoms with Crippen molar-refractivity contribution in [2.45, 2.75) is 81.5 Å². The topological polar surface area (TPSA) is 461 Å². The molecule has 5 saturated carbocycles. The Hall–Kier alpha value is -1.92. The van der Waals surface area contributed by atoms with Crippen molar-refractivity contribution < 1.29 is 112 Å². The van der Waals surface area contributed by atoms with Crippen LogP contribution in [0.2, 0.25) is 0 Å². The van der Waals surface area contributed by atoms with Gasteiger partial charge in [0.1, 0.15) is 17.6 Å². The average Bonchev–Trinajstić information content (AvgIpc) is 3.31. The number of hydrogen-bond donors (Lipinski definition) is 20. The third-order valence-corrected chi connectivity index (χ3v) is 9.98. The smallest absolute Gasteiger partial charge is 0.269 e. The minimum absolute atomic E-state index is 0.395. The van der Waals surface area contributed by atoms with Crippen molar-refractivity contribution in [3.63, 3.8) is 0 Å². The molecule has 9 atom stereocenters. The van der Waals surface area contributed by atoms with Crippen molar-refractivity contribution in [2.75, 3.05) is 0 Å². The van der Waals surface area contributed by atoms with E-state index in [0.717, 1.165) is 6.07 Å².